The summed E-state index contributed by atoms with van der Waals surface area (Å²) in [5.74, 6) is -0.912. The first-order chi connectivity index (χ1) is 11.6. The number of benzene rings is 2. The first kappa shape index (κ1) is 15.2. The van der Waals surface area contributed by atoms with Crippen LogP contribution in [0.5, 0.6) is 0 Å². The van der Waals surface area contributed by atoms with E-state index in [4.69, 9.17) is 11.6 Å². The number of nitrogens with zero attached hydrogens (tertiary/aromatic N) is 1. The van der Waals surface area contributed by atoms with Crippen molar-refractivity contribution in [3.8, 4) is 0 Å². The molecule has 0 saturated heterocycles. The van der Waals surface area contributed by atoms with E-state index in [9.17, 15) is 9.18 Å². The third kappa shape index (κ3) is 2.78. The number of nitrogens with one attached hydrogen (secondary N) is 1. The van der Waals surface area contributed by atoms with Crippen molar-refractivity contribution in [3.05, 3.63) is 70.6 Å². The van der Waals surface area contributed by atoms with Crippen molar-refractivity contribution in [2.45, 2.75) is 25.4 Å². The summed E-state index contributed by atoms with van der Waals surface area (Å²) < 4.78 is 14.1. The van der Waals surface area contributed by atoms with E-state index in [1.807, 2.05) is 30.5 Å². The number of H-pyrrole nitrogens is 1. The number of hydrogen-bond acceptors (Lipinski definition) is 1. The molecule has 122 valence electrons. The number of carbonyl (C=O) groups is 1. The Bertz CT molecular complexity index is 896. The molecule has 1 aliphatic carbocycles. The van der Waals surface area contributed by atoms with E-state index in [1.165, 1.54) is 12.1 Å². The highest BCUT2D eigenvalue weighted by Gasteiger charge is 2.34. The topological polar surface area (TPSA) is 36.1 Å². The molecule has 5 heteroatoms. The van der Waals surface area contributed by atoms with Gasteiger partial charge < -0.3 is 9.88 Å². The van der Waals surface area contributed by atoms with Crippen LogP contribution in [0.25, 0.3) is 10.9 Å². The summed E-state index contributed by atoms with van der Waals surface area (Å²) in [5, 5.41) is 1.28. The number of aromatic amines is 1. The smallest absolute Gasteiger partial charge is 0.258 e. The fourth-order valence-electron chi connectivity index (χ4n) is 2.99. The summed E-state index contributed by atoms with van der Waals surface area (Å²) in [7, 11) is 0. The summed E-state index contributed by atoms with van der Waals surface area (Å²) in [5.41, 5.74) is 2.00. The number of carbonyl (C=O) groups excluding carboxylic acids is 1. The van der Waals surface area contributed by atoms with Crippen LogP contribution >= 0.6 is 11.6 Å². The highest BCUT2D eigenvalue weighted by molar-refractivity contribution is 6.33. The first-order valence-corrected chi connectivity index (χ1v) is 8.32. The van der Waals surface area contributed by atoms with E-state index in [0.717, 1.165) is 29.3 Å². The van der Waals surface area contributed by atoms with Crippen LogP contribution in [0.3, 0.4) is 0 Å². The Labute approximate surface area is 144 Å². The maximum atomic E-state index is 14.1. The Hall–Kier alpha value is -2.33. The number of hydrogen-bond donors (Lipinski definition) is 1. The predicted octanol–water partition coefficient (Wildman–Crippen LogP) is 4.77. The minimum atomic E-state index is -0.571. The van der Waals surface area contributed by atoms with Crippen LogP contribution < -0.4 is 0 Å². The van der Waals surface area contributed by atoms with Gasteiger partial charge in [0.05, 0.1) is 10.6 Å². The van der Waals surface area contributed by atoms with Crippen molar-refractivity contribution in [2.24, 2.45) is 0 Å². The summed E-state index contributed by atoms with van der Waals surface area (Å²) in [4.78, 5) is 17.8. The summed E-state index contributed by atoms with van der Waals surface area (Å²) in [6, 6.07) is 12.5. The second-order valence-corrected chi connectivity index (χ2v) is 6.57. The minimum absolute atomic E-state index is 0.0352. The molecule has 3 aromatic rings. The molecule has 4 rings (SSSR count). The van der Waals surface area contributed by atoms with Gasteiger partial charge in [0.25, 0.3) is 5.91 Å². The second kappa shape index (κ2) is 5.95. The van der Waals surface area contributed by atoms with Gasteiger partial charge in [0.2, 0.25) is 0 Å². The maximum absolute atomic E-state index is 14.1. The number of halogens is 2. The molecule has 0 bridgehead atoms. The molecule has 0 atom stereocenters. The Morgan fingerprint density at radius 3 is 2.83 bits per heavy atom. The van der Waals surface area contributed by atoms with E-state index in [-0.39, 0.29) is 22.5 Å². The lowest BCUT2D eigenvalue weighted by Crippen LogP contribution is -2.33. The molecule has 0 spiro atoms. The van der Waals surface area contributed by atoms with E-state index >= 15 is 0 Å². The van der Waals surface area contributed by atoms with Crippen LogP contribution in [-0.4, -0.2) is 21.8 Å². The highest BCUT2D eigenvalue weighted by atomic mass is 35.5. The average Bonchev–Trinajstić information content (AvgIpc) is 3.29. The third-order valence-electron chi connectivity index (χ3n) is 4.40. The van der Waals surface area contributed by atoms with Gasteiger partial charge in [-0.1, -0.05) is 29.8 Å². The van der Waals surface area contributed by atoms with Gasteiger partial charge in [0.1, 0.15) is 5.82 Å². The lowest BCUT2D eigenvalue weighted by Gasteiger charge is -2.23. The van der Waals surface area contributed by atoms with E-state index in [2.05, 4.69) is 4.98 Å². The van der Waals surface area contributed by atoms with Crippen molar-refractivity contribution >= 4 is 28.4 Å². The Kier molecular flexibility index (Phi) is 3.77. The van der Waals surface area contributed by atoms with E-state index in [1.54, 1.807) is 11.0 Å². The van der Waals surface area contributed by atoms with Gasteiger partial charge in [-0.2, -0.15) is 0 Å². The molecule has 1 aromatic heterocycles. The fourth-order valence-corrected chi connectivity index (χ4v) is 3.23. The van der Waals surface area contributed by atoms with Crippen molar-refractivity contribution < 1.29 is 9.18 Å². The van der Waals surface area contributed by atoms with Gasteiger partial charge in [-0.3, -0.25) is 4.79 Å². The Morgan fingerprint density at radius 1 is 1.25 bits per heavy atom. The van der Waals surface area contributed by atoms with Crippen LogP contribution in [0.15, 0.2) is 48.7 Å². The van der Waals surface area contributed by atoms with Gasteiger partial charge in [-0.05, 0) is 48.1 Å². The molecular weight excluding hydrogens is 327 g/mol. The quantitative estimate of drug-likeness (QED) is 0.728. The zero-order valence-corrected chi connectivity index (χ0v) is 13.7. The van der Waals surface area contributed by atoms with Crippen LogP contribution in [0, 0.1) is 5.82 Å². The predicted molar refractivity (Wildman–Crippen MR) is 92.6 cm³/mol. The van der Waals surface area contributed by atoms with Crippen LogP contribution in [0.1, 0.15) is 28.8 Å². The molecule has 1 N–H and O–H groups in total. The lowest BCUT2D eigenvalue weighted by atomic mass is 10.1. The molecule has 1 aliphatic rings. The van der Waals surface area contributed by atoms with E-state index in [0.29, 0.717) is 6.54 Å². The van der Waals surface area contributed by atoms with Crippen molar-refractivity contribution in [3.63, 3.8) is 0 Å². The van der Waals surface area contributed by atoms with Crippen LogP contribution in [0.2, 0.25) is 5.02 Å². The molecule has 1 amide bonds. The molecule has 1 saturated carbocycles. The summed E-state index contributed by atoms with van der Waals surface area (Å²) in [6.45, 7) is 0.448. The number of aromatic nitrogens is 1. The third-order valence-corrected chi connectivity index (χ3v) is 4.71. The van der Waals surface area contributed by atoms with E-state index < -0.39 is 5.82 Å². The lowest BCUT2D eigenvalue weighted by molar-refractivity contribution is 0.0725. The molecule has 0 unspecified atom stereocenters. The van der Waals surface area contributed by atoms with Gasteiger partial charge >= 0.3 is 0 Å². The van der Waals surface area contributed by atoms with Gasteiger partial charge in [-0.25, -0.2) is 4.39 Å². The molecule has 1 heterocycles. The normalized spacial score (nSPS) is 14.1. The number of fused-ring (bicyclic) bond motifs is 1. The fraction of sp³-hybridized carbons (Fsp3) is 0.211. The first-order valence-electron chi connectivity index (χ1n) is 7.94. The largest absolute Gasteiger partial charge is 0.361 e. The maximum Gasteiger partial charge on any atom is 0.258 e. The van der Waals surface area contributed by atoms with Crippen LogP contribution in [0.4, 0.5) is 4.39 Å². The highest BCUT2D eigenvalue weighted by Crippen LogP contribution is 2.32. The minimum Gasteiger partial charge on any atom is -0.361 e. The zero-order chi connectivity index (χ0) is 16.7. The summed E-state index contributed by atoms with van der Waals surface area (Å²) in [6.07, 6.45) is 3.78. The second-order valence-electron chi connectivity index (χ2n) is 6.16. The molecular formula is C19H16ClFN2O. The van der Waals surface area contributed by atoms with Crippen LogP contribution in [-0.2, 0) is 6.54 Å². The van der Waals surface area contributed by atoms with Crippen molar-refractivity contribution in [1.82, 2.24) is 9.88 Å². The molecule has 1 fully saturated rings. The molecule has 24 heavy (non-hydrogen) atoms. The van der Waals surface area contributed by atoms with Crippen molar-refractivity contribution in [2.75, 3.05) is 0 Å². The molecule has 3 nitrogen and oxygen atoms in total. The number of rotatable bonds is 4. The van der Waals surface area contributed by atoms with Crippen molar-refractivity contribution in [1.29, 1.82) is 0 Å². The SMILES string of the molecule is O=C(c1c(F)cccc1Cl)N(Cc1ccc2cc[nH]c2c1)C1CC1. The Morgan fingerprint density at radius 2 is 2.08 bits per heavy atom. The average molecular weight is 343 g/mol. The molecule has 2 aromatic carbocycles. The van der Waals surface area contributed by atoms with Gasteiger partial charge in [-0.15, -0.1) is 0 Å². The van der Waals surface area contributed by atoms with Gasteiger partial charge in [0.15, 0.2) is 0 Å². The summed E-state index contributed by atoms with van der Waals surface area (Å²) >= 11 is 6.07. The molecule has 0 aliphatic heterocycles. The van der Waals surface area contributed by atoms with Gasteiger partial charge in [0, 0.05) is 24.3 Å². The zero-order valence-electron chi connectivity index (χ0n) is 12.9. The standard InChI is InChI=1S/C19H16ClFN2O/c20-15-2-1-3-16(21)18(15)19(24)23(14-6-7-14)11-12-4-5-13-8-9-22-17(13)10-12/h1-5,8-10,14,22H,6-7,11H2. The Balaban J connectivity index is 1.66. The molecule has 0 radical (unpaired) electrons. The number of amides is 1. The monoisotopic (exact) mass is 342 g/mol.